The van der Waals surface area contributed by atoms with E-state index in [4.69, 9.17) is 0 Å². The Morgan fingerprint density at radius 2 is 1.53 bits per heavy atom. The Morgan fingerprint density at radius 3 is 2.06 bits per heavy atom. The van der Waals surface area contributed by atoms with Gasteiger partial charge in [-0.1, -0.05) is 30.3 Å². The van der Waals surface area contributed by atoms with Crippen LogP contribution < -0.4 is 0 Å². The molecule has 2 nitrogen and oxygen atoms in total. The first-order valence-corrected chi connectivity index (χ1v) is 5.49. The fourth-order valence-electron chi connectivity index (χ4n) is 2.03. The van der Waals surface area contributed by atoms with E-state index in [9.17, 15) is 9.90 Å². The number of rotatable bonds is 2. The van der Waals surface area contributed by atoms with Gasteiger partial charge in [-0.3, -0.25) is 4.79 Å². The molecule has 0 atom stereocenters. The summed E-state index contributed by atoms with van der Waals surface area (Å²) in [6.07, 6.45) is 0. The summed E-state index contributed by atoms with van der Waals surface area (Å²) in [4.78, 5) is 12.3. The molecule has 0 amide bonds. The zero-order valence-corrected chi connectivity index (χ0v) is 9.90. The molecule has 2 rings (SSSR count). The number of carbonyl (C=O) groups excluding carboxylic acids is 1. The van der Waals surface area contributed by atoms with Crippen molar-refractivity contribution in [1.29, 1.82) is 0 Å². The van der Waals surface area contributed by atoms with Crippen molar-refractivity contribution < 1.29 is 9.90 Å². The van der Waals surface area contributed by atoms with E-state index in [1.165, 1.54) is 0 Å². The van der Waals surface area contributed by atoms with Crippen LogP contribution in [-0.4, -0.2) is 10.9 Å². The maximum atomic E-state index is 12.3. The molecular weight excluding hydrogens is 212 g/mol. The minimum atomic E-state index is 0.000556. The van der Waals surface area contributed by atoms with E-state index in [-0.39, 0.29) is 11.5 Å². The lowest BCUT2D eigenvalue weighted by Gasteiger charge is -2.09. The number of benzene rings is 2. The summed E-state index contributed by atoms with van der Waals surface area (Å²) < 4.78 is 0. The molecule has 0 fully saturated rings. The predicted octanol–water partition coefficient (Wildman–Crippen LogP) is 3.24. The standard InChI is InChI=1S/C15H14O2/c1-10-8-13(16)9-11(2)14(10)15(17)12-6-4-3-5-7-12/h3-9,16H,1-2H3. The highest BCUT2D eigenvalue weighted by atomic mass is 16.3. The highest BCUT2D eigenvalue weighted by Gasteiger charge is 2.14. The van der Waals surface area contributed by atoms with Crippen LogP contribution in [0.3, 0.4) is 0 Å². The van der Waals surface area contributed by atoms with Gasteiger partial charge in [0.15, 0.2) is 5.78 Å². The minimum absolute atomic E-state index is 0.000556. The minimum Gasteiger partial charge on any atom is -0.508 e. The smallest absolute Gasteiger partial charge is 0.193 e. The number of hydrogen-bond donors (Lipinski definition) is 1. The zero-order chi connectivity index (χ0) is 12.4. The van der Waals surface area contributed by atoms with Gasteiger partial charge in [0.05, 0.1) is 0 Å². The first-order valence-electron chi connectivity index (χ1n) is 5.49. The van der Waals surface area contributed by atoms with Crippen LogP contribution in [0.5, 0.6) is 5.75 Å². The van der Waals surface area contributed by atoms with Crippen molar-refractivity contribution in [3.05, 3.63) is 64.7 Å². The van der Waals surface area contributed by atoms with Crippen molar-refractivity contribution in [3.63, 3.8) is 0 Å². The lowest BCUT2D eigenvalue weighted by atomic mass is 9.94. The van der Waals surface area contributed by atoms with Crippen LogP contribution in [0.4, 0.5) is 0 Å². The summed E-state index contributed by atoms with van der Waals surface area (Å²) in [7, 11) is 0. The molecule has 2 aromatic carbocycles. The molecule has 0 unspecified atom stereocenters. The average molecular weight is 226 g/mol. The summed E-state index contributed by atoms with van der Waals surface area (Å²) in [6, 6.07) is 12.4. The van der Waals surface area contributed by atoms with E-state index < -0.39 is 0 Å². The number of aryl methyl sites for hydroxylation is 2. The third kappa shape index (κ3) is 2.21. The maximum absolute atomic E-state index is 12.3. The van der Waals surface area contributed by atoms with Crippen molar-refractivity contribution >= 4 is 5.78 Å². The topological polar surface area (TPSA) is 37.3 Å². The van der Waals surface area contributed by atoms with Crippen LogP contribution in [0.25, 0.3) is 0 Å². The average Bonchev–Trinajstić information content (AvgIpc) is 2.28. The molecule has 0 aliphatic carbocycles. The van der Waals surface area contributed by atoms with Crippen molar-refractivity contribution in [2.24, 2.45) is 0 Å². The Kier molecular flexibility index (Phi) is 2.96. The molecule has 0 saturated carbocycles. The molecule has 0 bridgehead atoms. The normalized spacial score (nSPS) is 10.2. The van der Waals surface area contributed by atoms with E-state index in [2.05, 4.69) is 0 Å². The quantitative estimate of drug-likeness (QED) is 0.798. The Bertz CT molecular complexity index is 533. The third-order valence-electron chi connectivity index (χ3n) is 2.78. The monoisotopic (exact) mass is 226 g/mol. The van der Waals surface area contributed by atoms with Gasteiger partial charge in [0.2, 0.25) is 0 Å². The Labute approximate surface area is 101 Å². The second-order valence-corrected chi connectivity index (χ2v) is 4.15. The number of hydrogen-bond acceptors (Lipinski definition) is 2. The van der Waals surface area contributed by atoms with E-state index in [0.29, 0.717) is 11.1 Å². The molecule has 0 radical (unpaired) electrons. The lowest BCUT2D eigenvalue weighted by Crippen LogP contribution is -2.05. The molecule has 86 valence electrons. The Balaban J connectivity index is 2.52. The highest BCUT2D eigenvalue weighted by Crippen LogP contribution is 2.23. The van der Waals surface area contributed by atoms with Crippen LogP contribution in [0, 0.1) is 13.8 Å². The number of ketones is 1. The van der Waals surface area contributed by atoms with E-state index in [0.717, 1.165) is 11.1 Å². The van der Waals surface area contributed by atoms with Crippen LogP contribution in [0.1, 0.15) is 27.0 Å². The summed E-state index contributed by atoms with van der Waals surface area (Å²) in [5.74, 6) is 0.199. The lowest BCUT2D eigenvalue weighted by molar-refractivity contribution is 0.103. The Morgan fingerprint density at radius 1 is 1.00 bits per heavy atom. The van der Waals surface area contributed by atoms with E-state index in [1.54, 1.807) is 24.3 Å². The number of carbonyl (C=O) groups is 1. The fraction of sp³-hybridized carbons (Fsp3) is 0.133. The molecule has 2 heteroatoms. The largest absolute Gasteiger partial charge is 0.508 e. The van der Waals surface area contributed by atoms with Gasteiger partial charge < -0.3 is 5.11 Å². The van der Waals surface area contributed by atoms with Crippen LogP contribution in [0.15, 0.2) is 42.5 Å². The van der Waals surface area contributed by atoms with Crippen molar-refractivity contribution in [2.75, 3.05) is 0 Å². The second kappa shape index (κ2) is 4.42. The first kappa shape index (κ1) is 11.4. The van der Waals surface area contributed by atoms with Gasteiger partial charge in [-0.15, -0.1) is 0 Å². The highest BCUT2D eigenvalue weighted by molar-refractivity contribution is 6.10. The fourth-order valence-corrected chi connectivity index (χ4v) is 2.03. The zero-order valence-electron chi connectivity index (χ0n) is 9.90. The van der Waals surface area contributed by atoms with Gasteiger partial charge in [0.25, 0.3) is 0 Å². The van der Waals surface area contributed by atoms with Crippen LogP contribution >= 0.6 is 0 Å². The summed E-state index contributed by atoms with van der Waals surface area (Å²) in [6.45, 7) is 3.67. The van der Waals surface area contributed by atoms with Crippen LogP contribution in [-0.2, 0) is 0 Å². The SMILES string of the molecule is Cc1cc(O)cc(C)c1C(=O)c1ccccc1. The van der Waals surface area contributed by atoms with Gasteiger partial charge in [-0.25, -0.2) is 0 Å². The predicted molar refractivity (Wildman–Crippen MR) is 67.5 cm³/mol. The van der Waals surface area contributed by atoms with Crippen LogP contribution in [0.2, 0.25) is 0 Å². The van der Waals surface area contributed by atoms with E-state index >= 15 is 0 Å². The molecule has 1 N–H and O–H groups in total. The van der Waals surface area contributed by atoms with Gasteiger partial charge in [0, 0.05) is 11.1 Å². The first-order chi connectivity index (χ1) is 8.09. The number of phenols is 1. The maximum Gasteiger partial charge on any atom is 0.193 e. The van der Waals surface area contributed by atoms with Crippen molar-refractivity contribution in [3.8, 4) is 5.75 Å². The molecule has 2 aromatic rings. The molecule has 0 saturated heterocycles. The second-order valence-electron chi connectivity index (χ2n) is 4.15. The summed E-state index contributed by atoms with van der Waals surface area (Å²) >= 11 is 0. The summed E-state index contributed by atoms with van der Waals surface area (Å²) in [5, 5.41) is 9.46. The Hall–Kier alpha value is -2.09. The molecule has 17 heavy (non-hydrogen) atoms. The molecule has 0 aliphatic heterocycles. The van der Waals surface area contributed by atoms with Crippen molar-refractivity contribution in [1.82, 2.24) is 0 Å². The molecule has 0 spiro atoms. The van der Waals surface area contributed by atoms with E-state index in [1.807, 2.05) is 32.0 Å². The van der Waals surface area contributed by atoms with Gasteiger partial charge in [0.1, 0.15) is 5.75 Å². The third-order valence-corrected chi connectivity index (χ3v) is 2.78. The summed E-state index contributed by atoms with van der Waals surface area (Å²) in [5.41, 5.74) is 2.95. The molecular formula is C15H14O2. The molecule has 0 heterocycles. The number of aromatic hydroxyl groups is 1. The van der Waals surface area contributed by atoms with Gasteiger partial charge >= 0.3 is 0 Å². The molecule has 0 aliphatic rings. The number of phenolic OH excluding ortho intramolecular Hbond substituents is 1. The van der Waals surface area contributed by atoms with Gasteiger partial charge in [-0.05, 0) is 37.1 Å². The van der Waals surface area contributed by atoms with Gasteiger partial charge in [-0.2, -0.15) is 0 Å². The van der Waals surface area contributed by atoms with Crippen molar-refractivity contribution in [2.45, 2.75) is 13.8 Å². The molecule has 0 aromatic heterocycles.